The highest BCUT2D eigenvalue weighted by atomic mass is 16.6. The van der Waals surface area contributed by atoms with Gasteiger partial charge in [0.25, 0.3) is 0 Å². The Balaban J connectivity index is 1.15. The van der Waals surface area contributed by atoms with Crippen LogP contribution in [0.2, 0.25) is 0 Å². The Hall–Kier alpha value is -3.30. The molecule has 0 unspecified atom stereocenters. The predicted octanol–water partition coefficient (Wildman–Crippen LogP) is 1.97. The van der Waals surface area contributed by atoms with Crippen LogP contribution in [0.1, 0.15) is 5.56 Å². The Bertz CT molecular complexity index is 958. The van der Waals surface area contributed by atoms with Crippen LogP contribution >= 0.6 is 0 Å². The number of amides is 3. The van der Waals surface area contributed by atoms with E-state index < -0.39 is 6.03 Å². The van der Waals surface area contributed by atoms with Crippen molar-refractivity contribution in [3.05, 3.63) is 48.0 Å². The number of nitrogens with zero attached hydrogens (tertiary/aromatic N) is 2. The van der Waals surface area contributed by atoms with Gasteiger partial charge in [0.2, 0.25) is 5.91 Å². The molecule has 9 nitrogen and oxygen atoms in total. The van der Waals surface area contributed by atoms with Crippen LogP contribution in [0.4, 0.5) is 10.5 Å². The van der Waals surface area contributed by atoms with E-state index in [1.54, 1.807) is 25.3 Å². The Morgan fingerprint density at radius 1 is 0.939 bits per heavy atom. The van der Waals surface area contributed by atoms with Crippen molar-refractivity contribution in [3.63, 3.8) is 0 Å². The van der Waals surface area contributed by atoms with E-state index in [2.05, 4.69) is 32.6 Å². The Labute approximate surface area is 193 Å². The molecule has 1 fully saturated rings. The SMILES string of the molecule is COc1ccc(CCN2CCN(CC(=O)NC(=O)Nc3ccc4c(c3)OCCO4)CC2)cc1. The molecule has 0 radical (unpaired) electrons. The number of ether oxygens (including phenoxy) is 3. The lowest BCUT2D eigenvalue weighted by molar-refractivity contribution is -0.121. The summed E-state index contributed by atoms with van der Waals surface area (Å²) in [6.45, 7) is 5.52. The van der Waals surface area contributed by atoms with Crippen molar-refractivity contribution in [2.24, 2.45) is 0 Å². The van der Waals surface area contributed by atoms with E-state index in [9.17, 15) is 9.59 Å². The van der Waals surface area contributed by atoms with E-state index in [0.717, 1.165) is 44.9 Å². The third-order valence-corrected chi connectivity index (χ3v) is 5.76. The molecule has 0 bridgehead atoms. The molecule has 33 heavy (non-hydrogen) atoms. The van der Waals surface area contributed by atoms with Gasteiger partial charge in [0, 0.05) is 44.5 Å². The number of imide groups is 1. The lowest BCUT2D eigenvalue weighted by atomic mass is 10.1. The van der Waals surface area contributed by atoms with Gasteiger partial charge in [-0.1, -0.05) is 12.1 Å². The smallest absolute Gasteiger partial charge is 0.325 e. The maximum atomic E-state index is 12.3. The van der Waals surface area contributed by atoms with Crippen molar-refractivity contribution in [1.82, 2.24) is 15.1 Å². The van der Waals surface area contributed by atoms with Crippen molar-refractivity contribution in [2.75, 3.05) is 64.9 Å². The van der Waals surface area contributed by atoms with Gasteiger partial charge in [0.1, 0.15) is 19.0 Å². The Morgan fingerprint density at radius 3 is 2.36 bits per heavy atom. The lowest BCUT2D eigenvalue weighted by Crippen LogP contribution is -2.50. The quantitative estimate of drug-likeness (QED) is 0.661. The molecule has 0 atom stereocenters. The third kappa shape index (κ3) is 6.59. The van der Waals surface area contributed by atoms with Gasteiger partial charge in [0.15, 0.2) is 11.5 Å². The van der Waals surface area contributed by atoms with E-state index >= 15 is 0 Å². The standard InChI is InChI=1S/C24H30N4O5/c1-31-20-5-2-18(3-6-20)8-9-27-10-12-28(13-11-27)17-23(29)26-24(30)25-19-4-7-21-22(16-19)33-15-14-32-21/h2-7,16H,8-15,17H2,1H3,(H2,25,26,29,30). The summed E-state index contributed by atoms with van der Waals surface area (Å²) in [5, 5.41) is 5.06. The minimum atomic E-state index is -0.560. The monoisotopic (exact) mass is 454 g/mol. The molecule has 4 rings (SSSR count). The van der Waals surface area contributed by atoms with Gasteiger partial charge in [-0.15, -0.1) is 0 Å². The van der Waals surface area contributed by atoms with Gasteiger partial charge >= 0.3 is 6.03 Å². The highest BCUT2D eigenvalue weighted by molar-refractivity contribution is 6.01. The van der Waals surface area contributed by atoms with Crippen LogP contribution in [0.5, 0.6) is 17.2 Å². The van der Waals surface area contributed by atoms with Gasteiger partial charge in [-0.25, -0.2) is 4.79 Å². The molecule has 0 spiro atoms. The predicted molar refractivity (Wildman–Crippen MR) is 124 cm³/mol. The zero-order chi connectivity index (χ0) is 23.0. The molecule has 3 amide bonds. The van der Waals surface area contributed by atoms with Gasteiger partial charge < -0.3 is 24.4 Å². The molecule has 2 N–H and O–H groups in total. The number of nitrogens with one attached hydrogen (secondary N) is 2. The van der Waals surface area contributed by atoms with Gasteiger partial charge in [-0.2, -0.15) is 0 Å². The Kier molecular flexibility index (Phi) is 7.64. The second-order valence-electron chi connectivity index (χ2n) is 8.08. The van der Waals surface area contributed by atoms with E-state index in [-0.39, 0.29) is 12.5 Å². The fourth-order valence-electron chi connectivity index (χ4n) is 3.90. The van der Waals surface area contributed by atoms with E-state index in [0.29, 0.717) is 30.4 Å². The molecular weight excluding hydrogens is 424 g/mol. The number of carbonyl (C=O) groups excluding carboxylic acids is 2. The average molecular weight is 455 g/mol. The largest absolute Gasteiger partial charge is 0.497 e. The number of methoxy groups -OCH3 is 1. The minimum Gasteiger partial charge on any atom is -0.497 e. The average Bonchev–Trinajstić information content (AvgIpc) is 2.83. The van der Waals surface area contributed by atoms with Gasteiger partial charge in [-0.3, -0.25) is 15.0 Å². The van der Waals surface area contributed by atoms with Gasteiger partial charge in [0.05, 0.1) is 13.7 Å². The highest BCUT2D eigenvalue weighted by Gasteiger charge is 2.20. The van der Waals surface area contributed by atoms with Gasteiger partial charge in [-0.05, 0) is 36.2 Å². The molecule has 2 aromatic carbocycles. The molecule has 2 aliphatic heterocycles. The van der Waals surface area contributed by atoms with E-state index in [1.807, 2.05) is 12.1 Å². The fourth-order valence-corrected chi connectivity index (χ4v) is 3.90. The second-order valence-corrected chi connectivity index (χ2v) is 8.08. The number of carbonyl (C=O) groups is 2. The van der Waals surface area contributed by atoms with Crippen molar-refractivity contribution in [1.29, 1.82) is 0 Å². The molecule has 0 aliphatic carbocycles. The topological polar surface area (TPSA) is 92.4 Å². The lowest BCUT2D eigenvalue weighted by Gasteiger charge is -2.34. The molecular formula is C24H30N4O5. The van der Waals surface area contributed by atoms with Crippen LogP contribution in [0.3, 0.4) is 0 Å². The van der Waals surface area contributed by atoms with E-state index in [4.69, 9.17) is 14.2 Å². The summed E-state index contributed by atoms with van der Waals surface area (Å²) in [6, 6.07) is 12.7. The summed E-state index contributed by atoms with van der Waals surface area (Å²) in [7, 11) is 1.67. The first-order chi connectivity index (χ1) is 16.1. The van der Waals surface area contributed by atoms with Crippen LogP contribution in [0.15, 0.2) is 42.5 Å². The summed E-state index contributed by atoms with van der Waals surface area (Å²) in [5.41, 5.74) is 1.82. The molecule has 2 aromatic rings. The number of anilines is 1. The first-order valence-electron chi connectivity index (χ1n) is 11.2. The molecule has 1 saturated heterocycles. The normalized spacial score (nSPS) is 16.2. The maximum absolute atomic E-state index is 12.3. The third-order valence-electron chi connectivity index (χ3n) is 5.76. The van der Waals surface area contributed by atoms with Crippen molar-refractivity contribution in [3.8, 4) is 17.2 Å². The molecule has 2 heterocycles. The summed E-state index contributed by atoms with van der Waals surface area (Å²) in [6.07, 6.45) is 0.977. The van der Waals surface area contributed by atoms with Crippen molar-refractivity contribution >= 4 is 17.6 Å². The number of hydrogen-bond donors (Lipinski definition) is 2. The van der Waals surface area contributed by atoms with E-state index in [1.165, 1.54) is 5.56 Å². The summed E-state index contributed by atoms with van der Waals surface area (Å²) in [4.78, 5) is 29.0. The number of rotatable bonds is 7. The fraction of sp³-hybridized carbons (Fsp3) is 0.417. The number of hydrogen-bond acceptors (Lipinski definition) is 7. The number of benzene rings is 2. The maximum Gasteiger partial charge on any atom is 0.325 e. The first kappa shape index (κ1) is 22.9. The first-order valence-corrected chi connectivity index (χ1v) is 11.2. The molecule has 0 aromatic heterocycles. The zero-order valence-electron chi connectivity index (χ0n) is 18.8. The summed E-state index contributed by atoms with van der Waals surface area (Å²) >= 11 is 0. The molecule has 2 aliphatic rings. The number of urea groups is 1. The van der Waals surface area contributed by atoms with Crippen LogP contribution in [0.25, 0.3) is 0 Å². The molecule has 9 heteroatoms. The molecule has 0 saturated carbocycles. The number of fused-ring (bicyclic) bond motifs is 1. The summed E-state index contributed by atoms with van der Waals surface area (Å²) in [5.74, 6) is 1.77. The highest BCUT2D eigenvalue weighted by Crippen LogP contribution is 2.32. The summed E-state index contributed by atoms with van der Waals surface area (Å²) < 4.78 is 16.2. The minimum absolute atomic E-state index is 0.195. The van der Waals surface area contributed by atoms with Crippen LogP contribution in [-0.4, -0.2) is 81.3 Å². The Morgan fingerprint density at radius 2 is 1.64 bits per heavy atom. The van der Waals surface area contributed by atoms with Crippen molar-refractivity contribution < 1.29 is 23.8 Å². The second kappa shape index (κ2) is 11.0. The molecule has 176 valence electrons. The zero-order valence-corrected chi connectivity index (χ0v) is 18.8. The van der Waals surface area contributed by atoms with Crippen molar-refractivity contribution in [2.45, 2.75) is 6.42 Å². The van der Waals surface area contributed by atoms with Crippen LogP contribution < -0.4 is 24.8 Å². The van der Waals surface area contributed by atoms with Crippen LogP contribution in [-0.2, 0) is 11.2 Å². The number of piperazine rings is 1. The van der Waals surface area contributed by atoms with Crippen LogP contribution in [0, 0.1) is 0 Å².